The quantitative estimate of drug-likeness (QED) is 0.634. The van der Waals surface area contributed by atoms with Crippen LogP contribution in [0.1, 0.15) is 36.5 Å². The Labute approximate surface area is 177 Å². The van der Waals surface area contributed by atoms with Gasteiger partial charge in [-0.1, -0.05) is 13.3 Å². The number of ether oxygens (including phenoxy) is 1. The molecular formula is C22H32N4O4. The molecule has 0 unspecified atom stereocenters. The minimum Gasteiger partial charge on any atom is -0.379 e. The third kappa shape index (κ3) is 6.27. The lowest BCUT2D eigenvalue weighted by Crippen LogP contribution is -2.41. The summed E-state index contributed by atoms with van der Waals surface area (Å²) in [5, 5.41) is 5.79. The van der Waals surface area contributed by atoms with E-state index in [4.69, 9.17) is 4.74 Å². The van der Waals surface area contributed by atoms with Gasteiger partial charge in [-0.25, -0.2) is 0 Å². The third-order valence-electron chi connectivity index (χ3n) is 5.60. The molecule has 3 rings (SSSR count). The van der Waals surface area contributed by atoms with Gasteiger partial charge in [0.25, 0.3) is 5.91 Å². The molecule has 0 spiro atoms. The predicted octanol–water partition coefficient (Wildman–Crippen LogP) is 1.34. The van der Waals surface area contributed by atoms with E-state index in [2.05, 4.69) is 22.5 Å². The first-order chi connectivity index (χ1) is 14.6. The van der Waals surface area contributed by atoms with Crippen molar-refractivity contribution in [1.82, 2.24) is 15.1 Å². The largest absolute Gasteiger partial charge is 0.379 e. The number of rotatable bonds is 9. The molecule has 1 aromatic carbocycles. The van der Waals surface area contributed by atoms with E-state index in [1.54, 1.807) is 29.2 Å². The second-order valence-corrected chi connectivity index (χ2v) is 7.87. The smallest absolute Gasteiger partial charge is 0.251 e. The fourth-order valence-electron chi connectivity index (χ4n) is 3.72. The number of carbonyl (C=O) groups is 3. The van der Waals surface area contributed by atoms with Crippen LogP contribution in [-0.4, -0.2) is 80.0 Å². The average Bonchev–Trinajstić information content (AvgIpc) is 3.14. The minimum absolute atomic E-state index is 0.0488. The van der Waals surface area contributed by atoms with Crippen LogP contribution >= 0.6 is 0 Å². The van der Waals surface area contributed by atoms with Crippen molar-refractivity contribution in [3.8, 4) is 0 Å². The van der Waals surface area contributed by atoms with Crippen LogP contribution in [0.3, 0.4) is 0 Å². The summed E-state index contributed by atoms with van der Waals surface area (Å²) in [7, 11) is 0. The van der Waals surface area contributed by atoms with Crippen molar-refractivity contribution in [2.75, 3.05) is 57.8 Å². The number of carbonyl (C=O) groups excluding carboxylic acids is 3. The summed E-state index contributed by atoms with van der Waals surface area (Å²) in [6, 6.07) is 6.85. The summed E-state index contributed by atoms with van der Waals surface area (Å²) < 4.78 is 5.32. The first kappa shape index (κ1) is 22.2. The molecule has 2 saturated heterocycles. The average molecular weight is 417 g/mol. The van der Waals surface area contributed by atoms with Gasteiger partial charge in [-0.3, -0.25) is 19.3 Å². The molecule has 1 atom stereocenters. The molecule has 30 heavy (non-hydrogen) atoms. The molecule has 2 heterocycles. The molecule has 0 bridgehead atoms. The Hall–Kier alpha value is -2.45. The lowest BCUT2D eigenvalue weighted by Gasteiger charge is -2.26. The van der Waals surface area contributed by atoms with Gasteiger partial charge in [-0.2, -0.15) is 0 Å². The maximum absolute atomic E-state index is 12.5. The number of nitrogens with zero attached hydrogens (tertiary/aromatic N) is 2. The van der Waals surface area contributed by atoms with Crippen molar-refractivity contribution < 1.29 is 19.1 Å². The van der Waals surface area contributed by atoms with Gasteiger partial charge in [0.15, 0.2) is 0 Å². The monoisotopic (exact) mass is 416 g/mol. The Morgan fingerprint density at radius 1 is 1.13 bits per heavy atom. The van der Waals surface area contributed by atoms with Crippen LogP contribution in [0.25, 0.3) is 0 Å². The standard InChI is InChI=1S/C22H32N4O4/c1-2-3-9-26-16-18(15-20(26)27)22(29)24-19-6-4-17(5-7-19)21(28)23-8-10-25-11-13-30-14-12-25/h4-7,18H,2-3,8-16H2,1H3,(H,23,28)(H,24,29)/t18-/m1/s1. The number of nitrogens with one attached hydrogen (secondary N) is 2. The zero-order valence-electron chi connectivity index (χ0n) is 17.7. The summed E-state index contributed by atoms with van der Waals surface area (Å²) in [4.78, 5) is 40.9. The lowest BCUT2D eigenvalue weighted by molar-refractivity contribution is -0.128. The second kappa shape index (κ2) is 11.1. The van der Waals surface area contributed by atoms with Crippen molar-refractivity contribution in [3.05, 3.63) is 29.8 Å². The maximum atomic E-state index is 12.5. The van der Waals surface area contributed by atoms with Crippen LogP contribution in [0.2, 0.25) is 0 Å². The summed E-state index contributed by atoms with van der Waals surface area (Å²) in [6.45, 7) is 7.95. The Kier molecular flexibility index (Phi) is 8.21. The molecule has 2 fully saturated rings. The molecule has 2 aliphatic heterocycles. The molecule has 0 aromatic heterocycles. The minimum atomic E-state index is -0.322. The molecule has 164 valence electrons. The van der Waals surface area contributed by atoms with E-state index in [-0.39, 0.29) is 30.1 Å². The number of hydrogen-bond acceptors (Lipinski definition) is 5. The van der Waals surface area contributed by atoms with Gasteiger partial charge in [-0.05, 0) is 30.7 Å². The molecule has 0 saturated carbocycles. The first-order valence-corrected chi connectivity index (χ1v) is 10.8. The van der Waals surface area contributed by atoms with Gasteiger partial charge in [0, 0.05) is 56.9 Å². The molecule has 1 aromatic rings. The molecule has 8 nitrogen and oxygen atoms in total. The van der Waals surface area contributed by atoms with E-state index in [1.165, 1.54) is 0 Å². The third-order valence-corrected chi connectivity index (χ3v) is 5.60. The topological polar surface area (TPSA) is 91.0 Å². The number of amides is 3. The summed E-state index contributed by atoms with van der Waals surface area (Å²) >= 11 is 0. The van der Waals surface area contributed by atoms with Crippen molar-refractivity contribution in [2.24, 2.45) is 5.92 Å². The Bertz CT molecular complexity index is 731. The van der Waals surface area contributed by atoms with Gasteiger partial charge in [0.05, 0.1) is 19.1 Å². The van der Waals surface area contributed by atoms with Crippen molar-refractivity contribution in [3.63, 3.8) is 0 Å². The van der Waals surface area contributed by atoms with Crippen LogP contribution in [-0.2, 0) is 14.3 Å². The normalized spacial score (nSPS) is 19.7. The Balaban J connectivity index is 1.43. The van der Waals surface area contributed by atoms with E-state index in [9.17, 15) is 14.4 Å². The van der Waals surface area contributed by atoms with Crippen molar-refractivity contribution in [1.29, 1.82) is 0 Å². The molecule has 2 N–H and O–H groups in total. The summed E-state index contributed by atoms with van der Waals surface area (Å²) in [6.07, 6.45) is 2.24. The highest BCUT2D eigenvalue weighted by Gasteiger charge is 2.33. The summed E-state index contributed by atoms with van der Waals surface area (Å²) in [5.74, 6) is -0.552. The van der Waals surface area contributed by atoms with Gasteiger partial charge < -0.3 is 20.3 Å². The fourth-order valence-corrected chi connectivity index (χ4v) is 3.72. The molecule has 2 aliphatic rings. The Morgan fingerprint density at radius 3 is 2.57 bits per heavy atom. The molecular weight excluding hydrogens is 384 g/mol. The zero-order chi connectivity index (χ0) is 21.3. The number of unbranched alkanes of at least 4 members (excludes halogenated alkanes) is 1. The van der Waals surface area contributed by atoms with E-state index in [1.807, 2.05) is 0 Å². The number of anilines is 1. The molecule has 0 radical (unpaired) electrons. The highest BCUT2D eigenvalue weighted by Crippen LogP contribution is 2.20. The molecule has 0 aliphatic carbocycles. The van der Waals surface area contributed by atoms with Gasteiger partial charge in [0.2, 0.25) is 11.8 Å². The zero-order valence-corrected chi connectivity index (χ0v) is 17.7. The van der Waals surface area contributed by atoms with Crippen LogP contribution < -0.4 is 10.6 Å². The number of benzene rings is 1. The van der Waals surface area contributed by atoms with Crippen LogP contribution in [0.15, 0.2) is 24.3 Å². The molecule has 3 amide bonds. The van der Waals surface area contributed by atoms with Crippen LogP contribution in [0, 0.1) is 5.92 Å². The number of hydrogen-bond donors (Lipinski definition) is 2. The van der Waals surface area contributed by atoms with Crippen LogP contribution in [0.4, 0.5) is 5.69 Å². The van der Waals surface area contributed by atoms with Crippen molar-refractivity contribution >= 4 is 23.4 Å². The Morgan fingerprint density at radius 2 is 1.87 bits per heavy atom. The SMILES string of the molecule is CCCCN1C[C@H](C(=O)Nc2ccc(C(=O)NCCN3CCOCC3)cc2)CC1=O. The first-order valence-electron chi connectivity index (χ1n) is 10.8. The fraction of sp³-hybridized carbons (Fsp3) is 0.591. The maximum Gasteiger partial charge on any atom is 0.251 e. The highest BCUT2D eigenvalue weighted by atomic mass is 16.5. The second-order valence-electron chi connectivity index (χ2n) is 7.87. The van der Waals surface area contributed by atoms with E-state index in [0.717, 1.165) is 45.7 Å². The highest BCUT2D eigenvalue weighted by molar-refractivity contribution is 5.98. The van der Waals surface area contributed by atoms with E-state index in [0.29, 0.717) is 30.9 Å². The van der Waals surface area contributed by atoms with Crippen molar-refractivity contribution in [2.45, 2.75) is 26.2 Å². The summed E-state index contributed by atoms with van der Waals surface area (Å²) in [5.41, 5.74) is 1.18. The van der Waals surface area contributed by atoms with E-state index >= 15 is 0 Å². The number of likely N-dealkylation sites (tertiary alicyclic amines) is 1. The van der Waals surface area contributed by atoms with Gasteiger partial charge in [0.1, 0.15) is 0 Å². The van der Waals surface area contributed by atoms with Gasteiger partial charge in [-0.15, -0.1) is 0 Å². The predicted molar refractivity (Wildman–Crippen MR) is 114 cm³/mol. The number of morpholine rings is 1. The lowest BCUT2D eigenvalue weighted by atomic mass is 10.1. The van der Waals surface area contributed by atoms with E-state index < -0.39 is 0 Å². The molecule has 8 heteroatoms. The van der Waals surface area contributed by atoms with Crippen LogP contribution in [0.5, 0.6) is 0 Å². The van der Waals surface area contributed by atoms with Gasteiger partial charge >= 0.3 is 0 Å².